The average Bonchev–Trinajstić information content (AvgIpc) is 2.62. The molecule has 2 aromatic carbocycles. The lowest BCUT2D eigenvalue weighted by atomic mass is 10.1. The molecule has 0 aromatic heterocycles. The number of benzene rings is 2. The number of anilines is 2. The lowest BCUT2D eigenvalue weighted by Gasteiger charge is -2.23. The number of amides is 2. The van der Waals surface area contributed by atoms with Gasteiger partial charge in [0.1, 0.15) is 0 Å². The van der Waals surface area contributed by atoms with Crippen LogP contribution in [0.2, 0.25) is 5.02 Å². The van der Waals surface area contributed by atoms with Gasteiger partial charge in [0.25, 0.3) is 5.91 Å². The molecular weight excluding hydrogens is 344 g/mol. The van der Waals surface area contributed by atoms with Crippen molar-refractivity contribution in [2.24, 2.45) is 5.84 Å². The number of hydrogen-bond acceptors (Lipinski definition) is 5. The normalized spacial score (nSPS) is 11.6. The summed E-state index contributed by atoms with van der Waals surface area (Å²) in [5.41, 5.74) is 4.05. The van der Waals surface area contributed by atoms with Crippen LogP contribution in [0, 0.1) is 0 Å². The number of nitrogen functional groups attached to an aromatic ring is 1. The molecule has 25 heavy (non-hydrogen) atoms. The van der Waals surface area contributed by atoms with Gasteiger partial charge in [-0.15, -0.1) is 0 Å². The van der Waals surface area contributed by atoms with Crippen LogP contribution in [-0.2, 0) is 4.79 Å². The fourth-order valence-electron chi connectivity index (χ4n) is 2.39. The van der Waals surface area contributed by atoms with E-state index in [0.717, 1.165) is 0 Å². The van der Waals surface area contributed by atoms with Crippen molar-refractivity contribution in [3.63, 3.8) is 0 Å². The fourth-order valence-corrected chi connectivity index (χ4v) is 2.72. The second-order valence-corrected chi connectivity index (χ2v) is 5.77. The number of rotatable bonds is 5. The van der Waals surface area contributed by atoms with Gasteiger partial charge in [-0.1, -0.05) is 35.9 Å². The van der Waals surface area contributed by atoms with E-state index in [1.807, 2.05) is 0 Å². The molecule has 0 saturated heterocycles. The van der Waals surface area contributed by atoms with Gasteiger partial charge in [-0.25, -0.2) is 10.9 Å². The number of para-hydroxylation sites is 1. The summed E-state index contributed by atoms with van der Waals surface area (Å²) in [6.45, 7) is 2.91. The summed E-state index contributed by atoms with van der Waals surface area (Å²) < 4.78 is 0. The maximum atomic E-state index is 11.9. The van der Waals surface area contributed by atoms with Gasteiger partial charge in [0.2, 0.25) is 5.91 Å². The number of nitrogens with two attached hydrogens (primary N) is 1. The fraction of sp³-hybridized carbons (Fsp3) is 0.176. The van der Waals surface area contributed by atoms with E-state index in [9.17, 15) is 14.8 Å². The highest BCUT2D eigenvalue weighted by Gasteiger charge is 2.20. The summed E-state index contributed by atoms with van der Waals surface area (Å²) in [5.74, 6) is 4.27. The highest BCUT2D eigenvalue weighted by molar-refractivity contribution is 6.34. The van der Waals surface area contributed by atoms with Crippen LogP contribution in [0.5, 0.6) is 0 Å². The Morgan fingerprint density at radius 3 is 2.44 bits per heavy atom. The summed E-state index contributed by atoms with van der Waals surface area (Å²) in [4.78, 5) is 23.2. The first-order valence-electron chi connectivity index (χ1n) is 7.51. The van der Waals surface area contributed by atoms with Crippen LogP contribution in [0.25, 0.3) is 0 Å². The molecule has 0 aliphatic rings. The van der Waals surface area contributed by atoms with Crippen LogP contribution in [-0.4, -0.2) is 22.1 Å². The number of hydrazine groups is 1. The van der Waals surface area contributed by atoms with Gasteiger partial charge in [-0.05, 0) is 30.7 Å². The number of hydrogen-bond donors (Lipinski definition) is 4. The Morgan fingerprint density at radius 1 is 1.16 bits per heavy atom. The molecule has 0 heterocycles. The van der Waals surface area contributed by atoms with Gasteiger partial charge < -0.3 is 5.32 Å². The predicted octanol–water partition coefficient (Wildman–Crippen LogP) is 2.99. The number of hydroxylamine groups is 2. The second kappa shape index (κ2) is 7.98. The van der Waals surface area contributed by atoms with Gasteiger partial charge in [0.05, 0.1) is 28.0 Å². The molecule has 0 radical (unpaired) electrons. The van der Waals surface area contributed by atoms with E-state index in [2.05, 4.69) is 10.7 Å². The molecule has 0 saturated carbocycles. The largest absolute Gasteiger partial charge is 0.354 e. The molecule has 2 aromatic rings. The lowest BCUT2D eigenvalue weighted by Crippen LogP contribution is -2.30. The van der Waals surface area contributed by atoms with Crippen molar-refractivity contribution in [1.29, 1.82) is 0 Å². The average molecular weight is 363 g/mol. The minimum absolute atomic E-state index is 0.332. The summed E-state index contributed by atoms with van der Waals surface area (Å²) >= 11 is 6.43. The molecule has 5 N–H and O–H groups in total. The Morgan fingerprint density at radius 2 is 1.80 bits per heavy atom. The standard InChI is InChI=1S/C17H19ClN4O3/c1-10(22(25)11(2)23)12-7-5-9-15(16(12)18)20-14-8-4-3-6-13(14)17(24)21-19/h3-10,20,25H,19H2,1-2H3,(H,21,24). The van der Waals surface area contributed by atoms with Crippen molar-refractivity contribution in [2.45, 2.75) is 19.9 Å². The first-order valence-corrected chi connectivity index (χ1v) is 7.88. The first-order chi connectivity index (χ1) is 11.9. The lowest BCUT2D eigenvalue weighted by molar-refractivity contribution is -0.172. The van der Waals surface area contributed by atoms with E-state index < -0.39 is 17.9 Å². The maximum absolute atomic E-state index is 11.9. The molecule has 8 heteroatoms. The molecular formula is C17H19ClN4O3. The van der Waals surface area contributed by atoms with Gasteiger partial charge in [0, 0.05) is 6.92 Å². The molecule has 0 spiro atoms. The van der Waals surface area contributed by atoms with E-state index in [1.54, 1.807) is 49.4 Å². The van der Waals surface area contributed by atoms with Crippen LogP contribution in [0.1, 0.15) is 35.8 Å². The van der Waals surface area contributed by atoms with Crippen LogP contribution in [0.3, 0.4) is 0 Å². The quantitative estimate of drug-likeness (QED) is 0.283. The second-order valence-electron chi connectivity index (χ2n) is 5.39. The molecule has 132 valence electrons. The van der Waals surface area contributed by atoms with E-state index in [-0.39, 0.29) is 0 Å². The molecule has 1 atom stereocenters. The maximum Gasteiger partial charge on any atom is 0.267 e. The Labute approximate surface area is 150 Å². The summed E-state index contributed by atoms with van der Waals surface area (Å²) in [6.07, 6.45) is 0. The van der Waals surface area contributed by atoms with Crippen LogP contribution < -0.4 is 16.6 Å². The molecule has 2 amide bonds. The third-order valence-electron chi connectivity index (χ3n) is 3.74. The minimum atomic E-state index is -0.630. The van der Waals surface area contributed by atoms with E-state index >= 15 is 0 Å². The zero-order valence-electron chi connectivity index (χ0n) is 13.8. The van der Waals surface area contributed by atoms with Gasteiger partial charge in [-0.3, -0.25) is 20.2 Å². The third kappa shape index (κ3) is 4.08. The van der Waals surface area contributed by atoms with E-state index in [4.69, 9.17) is 17.4 Å². The zero-order chi connectivity index (χ0) is 18.6. The number of carbonyl (C=O) groups is 2. The topological polar surface area (TPSA) is 108 Å². The van der Waals surface area contributed by atoms with Crippen molar-refractivity contribution in [3.05, 3.63) is 58.6 Å². The minimum Gasteiger partial charge on any atom is -0.354 e. The smallest absolute Gasteiger partial charge is 0.267 e. The Balaban J connectivity index is 2.38. The summed E-state index contributed by atoms with van der Waals surface area (Å²) in [5, 5.41) is 13.9. The van der Waals surface area contributed by atoms with E-state index in [0.29, 0.717) is 32.6 Å². The molecule has 0 aliphatic carbocycles. The Hall–Kier alpha value is -2.61. The van der Waals surface area contributed by atoms with Gasteiger partial charge in [0.15, 0.2) is 0 Å². The van der Waals surface area contributed by atoms with Crippen molar-refractivity contribution < 1.29 is 14.8 Å². The number of carbonyl (C=O) groups excluding carboxylic acids is 2. The van der Waals surface area contributed by atoms with Crippen LogP contribution in [0.4, 0.5) is 11.4 Å². The molecule has 2 rings (SSSR count). The van der Waals surface area contributed by atoms with Gasteiger partial charge in [-0.2, -0.15) is 0 Å². The van der Waals surface area contributed by atoms with Crippen molar-refractivity contribution in [2.75, 3.05) is 5.32 Å². The Kier molecular flexibility index (Phi) is 5.97. The van der Waals surface area contributed by atoms with Crippen molar-refractivity contribution >= 4 is 34.8 Å². The molecule has 1 unspecified atom stereocenters. The number of halogens is 1. The number of nitrogens with one attached hydrogen (secondary N) is 2. The van der Waals surface area contributed by atoms with Gasteiger partial charge >= 0.3 is 0 Å². The molecule has 0 aliphatic heterocycles. The SMILES string of the molecule is CC(=O)N(O)C(C)c1cccc(Nc2ccccc2C(=O)NN)c1Cl. The first kappa shape index (κ1) is 18.7. The Bertz CT molecular complexity index is 797. The van der Waals surface area contributed by atoms with Crippen molar-refractivity contribution in [1.82, 2.24) is 10.5 Å². The summed E-state index contributed by atoms with van der Waals surface area (Å²) in [7, 11) is 0. The predicted molar refractivity (Wildman–Crippen MR) is 95.6 cm³/mol. The highest BCUT2D eigenvalue weighted by atomic mass is 35.5. The molecule has 0 bridgehead atoms. The van der Waals surface area contributed by atoms with Crippen LogP contribution >= 0.6 is 11.6 Å². The molecule has 7 nitrogen and oxygen atoms in total. The van der Waals surface area contributed by atoms with E-state index in [1.165, 1.54) is 6.92 Å². The van der Waals surface area contributed by atoms with Crippen molar-refractivity contribution in [3.8, 4) is 0 Å². The highest BCUT2D eigenvalue weighted by Crippen LogP contribution is 2.34. The van der Waals surface area contributed by atoms with Crippen LogP contribution in [0.15, 0.2) is 42.5 Å². The summed E-state index contributed by atoms with van der Waals surface area (Å²) in [6, 6.07) is 11.4. The molecule has 0 fully saturated rings. The zero-order valence-corrected chi connectivity index (χ0v) is 14.5. The third-order valence-corrected chi connectivity index (χ3v) is 4.16. The monoisotopic (exact) mass is 362 g/mol. The number of nitrogens with zero attached hydrogens (tertiary/aromatic N) is 1.